The Bertz CT molecular complexity index is 844. The quantitative estimate of drug-likeness (QED) is 0.395. The lowest BCUT2D eigenvalue weighted by molar-refractivity contribution is 0.287. The summed E-state index contributed by atoms with van der Waals surface area (Å²) >= 11 is 0. The topological polar surface area (TPSA) is 62.0 Å². The number of aliphatic hydroxyl groups is 1. The first-order valence-electron chi connectivity index (χ1n) is 10.7. The Morgan fingerprint density at radius 3 is 1.90 bits per heavy atom. The molecular weight excluding hydrogens is 368 g/mol. The fourth-order valence-electron chi connectivity index (χ4n) is 2.98. The molecule has 0 saturated carbocycles. The van der Waals surface area contributed by atoms with Crippen LogP contribution in [0.2, 0.25) is 0 Å². The van der Waals surface area contributed by atoms with E-state index in [-0.39, 0.29) is 0 Å². The van der Waals surface area contributed by atoms with Crippen molar-refractivity contribution in [2.24, 2.45) is 5.73 Å². The Morgan fingerprint density at radius 2 is 1.47 bits per heavy atom. The number of aromatic amines is 1. The lowest BCUT2D eigenvalue weighted by Crippen LogP contribution is -1.86. The fraction of sp³-hybridized carbons (Fsp3) is 0.333. The van der Waals surface area contributed by atoms with E-state index >= 15 is 0 Å². The zero-order valence-corrected chi connectivity index (χ0v) is 19.0. The number of aliphatic hydroxyl groups excluding tert-OH is 1. The Morgan fingerprint density at radius 1 is 0.933 bits per heavy atom. The number of allylic oxidation sites excluding steroid dienone is 1. The lowest BCUT2D eigenvalue weighted by atomic mass is 10.0. The standard InChI is InChI=1S/C22H23N.C4H10O.CH5N/c1-4-5-6-20-15-21(18-11-7-16(2)8-12-18)23-22(20)19-13-9-17(3)10-14-19;1-2-3-4-5;1-2/h4,7-15,23H,1,5-6H2,2-3H3;5H,2-4H2,1H3;2H2,1H3. The van der Waals surface area contributed by atoms with E-state index in [9.17, 15) is 0 Å². The van der Waals surface area contributed by atoms with Gasteiger partial charge in [-0.25, -0.2) is 0 Å². The SMILES string of the molecule is C=CCCc1cc(-c2ccc(C)cc2)[nH]c1-c1ccc(C)cc1.CCCCO.CN. The molecule has 0 aliphatic heterocycles. The van der Waals surface area contributed by atoms with Crippen molar-refractivity contribution in [1.82, 2.24) is 4.98 Å². The Balaban J connectivity index is 0.000000565. The van der Waals surface area contributed by atoms with Crippen LogP contribution in [0.1, 0.15) is 42.9 Å². The molecule has 3 aromatic rings. The van der Waals surface area contributed by atoms with Gasteiger partial charge >= 0.3 is 0 Å². The number of hydrogen-bond donors (Lipinski definition) is 3. The summed E-state index contributed by atoms with van der Waals surface area (Å²) in [4.78, 5) is 3.63. The molecule has 0 atom stereocenters. The summed E-state index contributed by atoms with van der Waals surface area (Å²) in [6.07, 6.45) is 6.02. The highest BCUT2D eigenvalue weighted by atomic mass is 16.2. The zero-order chi connectivity index (χ0) is 22.4. The zero-order valence-electron chi connectivity index (χ0n) is 19.0. The van der Waals surface area contributed by atoms with Gasteiger partial charge in [-0.3, -0.25) is 0 Å². The van der Waals surface area contributed by atoms with Crippen LogP contribution in [0.3, 0.4) is 0 Å². The monoisotopic (exact) mass is 406 g/mol. The molecule has 0 aliphatic carbocycles. The van der Waals surface area contributed by atoms with Crippen molar-refractivity contribution in [1.29, 1.82) is 0 Å². The normalized spacial score (nSPS) is 9.80. The molecule has 1 aromatic heterocycles. The minimum absolute atomic E-state index is 0.344. The lowest BCUT2D eigenvalue weighted by Gasteiger charge is -2.04. The third kappa shape index (κ3) is 8.02. The third-order valence-electron chi connectivity index (χ3n) is 4.73. The summed E-state index contributed by atoms with van der Waals surface area (Å²) in [6, 6.07) is 19.7. The maximum absolute atomic E-state index is 8.07. The number of nitrogens with one attached hydrogen (secondary N) is 1. The number of H-pyrrole nitrogens is 1. The van der Waals surface area contributed by atoms with Gasteiger partial charge < -0.3 is 15.8 Å². The van der Waals surface area contributed by atoms with Crippen molar-refractivity contribution in [2.75, 3.05) is 13.7 Å². The maximum atomic E-state index is 8.07. The van der Waals surface area contributed by atoms with Crippen molar-refractivity contribution in [2.45, 2.75) is 46.5 Å². The Hall–Kier alpha value is -2.62. The number of aromatic nitrogens is 1. The van der Waals surface area contributed by atoms with Gasteiger partial charge in [0.15, 0.2) is 0 Å². The van der Waals surface area contributed by atoms with Crippen molar-refractivity contribution in [3.8, 4) is 22.5 Å². The summed E-state index contributed by atoms with van der Waals surface area (Å²) in [5.74, 6) is 0. The first kappa shape index (κ1) is 25.4. The van der Waals surface area contributed by atoms with E-state index in [2.05, 4.69) is 92.7 Å². The number of rotatable bonds is 7. The summed E-state index contributed by atoms with van der Waals surface area (Å²) < 4.78 is 0. The number of aryl methyl sites for hydroxylation is 3. The van der Waals surface area contributed by atoms with Crippen LogP contribution in [-0.4, -0.2) is 23.7 Å². The van der Waals surface area contributed by atoms with E-state index in [1.54, 1.807) is 0 Å². The smallest absolute Gasteiger partial charge is 0.0491 e. The summed E-state index contributed by atoms with van der Waals surface area (Å²) in [5.41, 5.74) is 13.3. The second-order valence-electron chi connectivity index (χ2n) is 7.22. The van der Waals surface area contributed by atoms with Crippen LogP contribution in [-0.2, 0) is 6.42 Å². The molecule has 3 rings (SSSR count). The van der Waals surface area contributed by atoms with Crippen LogP contribution in [0.25, 0.3) is 22.5 Å². The van der Waals surface area contributed by atoms with E-state index in [1.807, 2.05) is 6.08 Å². The summed E-state index contributed by atoms with van der Waals surface area (Å²) in [6.45, 7) is 10.5. The Kier molecular flexibility index (Phi) is 12.2. The van der Waals surface area contributed by atoms with Gasteiger partial charge in [-0.05, 0) is 62.9 Å². The van der Waals surface area contributed by atoms with E-state index in [0.29, 0.717) is 6.61 Å². The first-order chi connectivity index (χ1) is 14.6. The summed E-state index contributed by atoms with van der Waals surface area (Å²) in [7, 11) is 1.50. The van der Waals surface area contributed by atoms with Gasteiger partial charge in [-0.15, -0.1) is 6.58 Å². The van der Waals surface area contributed by atoms with Gasteiger partial charge in [-0.1, -0.05) is 79.1 Å². The average Bonchev–Trinajstić information content (AvgIpc) is 3.20. The number of unbranched alkanes of at least 4 members (excludes halogenated alkanes) is 1. The van der Waals surface area contributed by atoms with E-state index in [4.69, 9.17) is 5.11 Å². The minimum Gasteiger partial charge on any atom is -0.396 e. The number of nitrogens with two attached hydrogens (primary N) is 1. The molecule has 0 fully saturated rings. The highest BCUT2D eigenvalue weighted by Gasteiger charge is 2.11. The van der Waals surface area contributed by atoms with Gasteiger partial charge in [-0.2, -0.15) is 0 Å². The Labute approximate surface area is 182 Å². The van der Waals surface area contributed by atoms with Crippen molar-refractivity contribution in [3.63, 3.8) is 0 Å². The van der Waals surface area contributed by atoms with Crippen LogP contribution in [0.5, 0.6) is 0 Å². The molecule has 4 N–H and O–H groups in total. The van der Waals surface area contributed by atoms with Gasteiger partial charge in [0.05, 0.1) is 0 Å². The molecule has 0 aliphatic rings. The predicted molar refractivity (Wildman–Crippen MR) is 132 cm³/mol. The molecule has 0 radical (unpaired) electrons. The van der Waals surface area contributed by atoms with Crippen LogP contribution in [0.15, 0.2) is 67.3 Å². The predicted octanol–water partition coefficient (Wildman–Crippen LogP) is 6.44. The molecule has 162 valence electrons. The molecule has 1 heterocycles. The van der Waals surface area contributed by atoms with E-state index in [1.165, 1.54) is 46.3 Å². The molecule has 30 heavy (non-hydrogen) atoms. The molecule has 0 spiro atoms. The van der Waals surface area contributed by atoms with Crippen LogP contribution < -0.4 is 5.73 Å². The van der Waals surface area contributed by atoms with Gasteiger partial charge in [0.1, 0.15) is 0 Å². The van der Waals surface area contributed by atoms with Crippen LogP contribution in [0, 0.1) is 13.8 Å². The molecule has 0 bridgehead atoms. The molecule has 3 heteroatoms. The summed E-state index contributed by atoms with van der Waals surface area (Å²) in [5, 5.41) is 8.07. The molecule has 0 amide bonds. The van der Waals surface area contributed by atoms with Gasteiger partial charge in [0.2, 0.25) is 0 Å². The van der Waals surface area contributed by atoms with Crippen molar-refractivity contribution >= 4 is 0 Å². The molecule has 3 nitrogen and oxygen atoms in total. The molecule has 0 saturated heterocycles. The van der Waals surface area contributed by atoms with Crippen LogP contribution in [0.4, 0.5) is 0 Å². The van der Waals surface area contributed by atoms with Gasteiger partial charge in [0.25, 0.3) is 0 Å². The van der Waals surface area contributed by atoms with Crippen LogP contribution >= 0.6 is 0 Å². The number of hydrogen-bond acceptors (Lipinski definition) is 2. The average molecular weight is 407 g/mol. The number of benzene rings is 2. The van der Waals surface area contributed by atoms with E-state index in [0.717, 1.165) is 25.7 Å². The first-order valence-corrected chi connectivity index (χ1v) is 10.7. The minimum atomic E-state index is 0.344. The van der Waals surface area contributed by atoms with E-state index < -0.39 is 0 Å². The van der Waals surface area contributed by atoms with Gasteiger partial charge in [0, 0.05) is 18.0 Å². The second kappa shape index (κ2) is 14.4. The molecule has 0 unspecified atom stereocenters. The highest BCUT2D eigenvalue weighted by molar-refractivity contribution is 5.72. The molecule has 2 aromatic carbocycles. The maximum Gasteiger partial charge on any atom is 0.0491 e. The fourth-order valence-corrected chi connectivity index (χ4v) is 2.98. The third-order valence-corrected chi connectivity index (χ3v) is 4.73. The highest BCUT2D eigenvalue weighted by Crippen LogP contribution is 2.30. The second-order valence-corrected chi connectivity index (χ2v) is 7.22. The van der Waals surface area contributed by atoms with Crippen molar-refractivity contribution < 1.29 is 5.11 Å². The molecular formula is C27H38N2O. The van der Waals surface area contributed by atoms with Crippen molar-refractivity contribution in [3.05, 3.63) is 83.9 Å². The largest absolute Gasteiger partial charge is 0.396 e.